The number of aromatic amines is 1. The van der Waals surface area contributed by atoms with Gasteiger partial charge in [0.2, 0.25) is 0 Å². The average Bonchev–Trinajstić information content (AvgIpc) is 3.18. The molecule has 4 aromatic rings. The second-order valence-electron chi connectivity index (χ2n) is 6.25. The number of nitrogens with zero attached hydrogens (tertiary/aromatic N) is 2. The summed E-state index contributed by atoms with van der Waals surface area (Å²) in [5.74, 6) is 0.465. The van der Waals surface area contributed by atoms with Crippen LogP contribution in [-0.2, 0) is 0 Å². The number of benzene rings is 2. The Morgan fingerprint density at radius 1 is 1.11 bits per heavy atom. The molecule has 2 heterocycles. The number of fused-ring (bicyclic) bond motifs is 1. The van der Waals surface area contributed by atoms with E-state index < -0.39 is 0 Å². The molecule has 27 heavy (non-hydrogen) atoms. The number of amides is 1. The summed E-state index contributed by atoms with van der Waals surface area (Å²) in [6.07, 6.45) is 1.77. The lowest BCUT2D eigenvalue weighted by Crippen LogP contribution is -2.27. The molecule has 1 amide bonds. The van der Waals surface area contributed by atoms with E-state index in [1.54, 1.807) is 12.3 Å². The summed E-state index contributed by atoms with van der Waals surface area (Å²) in [6, 6.07) is 18.6. The molecule has 0 saturated carbocycles. The molecule has 2 aromatic heterocycles. The van der Waals surface area contributed by atoms with Crippen LogP contribution in [0, 0.1) is 0 Å². The standard InChI is InChI=1S/C21H17ClN4O/c1-13(20-23-12-18(26-20)14-7-3-2-4-8-14)24-21(27)16-11-19(22)25-17-10-6-5-9-15(16)17/h2-13H,1H3,(H,23,26)(H,24,27). The Balaban J connectivity index is 1.58. The van der Waals surface area contributed by atoms with Crippen LogP contribution in [0.1, 0.15) is 29.1 Å². The molecule has 134 valence electrons. The predicted molar refractivity (Wildman–Crippen MR) is 107 cm³/mol. The van der Waals surface area contributed by atoms with Crippen LogP contribution in [0.4, 0.5) is 0 Å². The predicted octanol–water partition coefficient (Wildman–Crippen LogP) is 4.77. The van der Waals surface area contributed by atoms with E-state index in [-0.39, 0.29) is 17.1 Å². The molecular formula is C21H17ClN4O. The maximum atomic E-state index is 12.8. The molecule has 0 aliphatic carbocycles. The first-order valence-electron chi connectivity index (χ1n) is 8.58. The molecule has 5 nitrogen and oxygen atoms in total. The van der Waals surface area contributed by atoms with Gasteiger partial charge < -0.3 is 10.3 Å². The van der Waals surface area contributed by atoms with Crippen molar-refractivity contribution in [2.45, 2.75) is 13.0 Å². The van der Waals surface area contributed by atoms with Gasteiger partial charge in [0.15, 0.2) is 0 Å². The number of halogens is 1. The van der Waals surface area contributed by atoms with Crippen LogP contribution >= 0.6 is 11.6 Å². The molecule has 0 spiro atoms. The normalized spacial score (nSPS) is 12.1. The number of hydrogen-bond acceptors (Lipinski definition) is 3. The Morgan fingerprint density at radius 3 is 2.67 bits per heavy atom. The SMILES string of the molecule is CC(NC(=O)c1cc(Cl)nc2ccccc12)c1ncc(-c2ccccc2)[nH]1. The van der Waals surface area contributed by atoms with Gasteiger partial charge >= 0.3 is 0 Å². The molecule has 1 unspecified atom stereocenters. The van der Waals surface area contributed by atoms with E-state index in [0.29, 0.717) is 16.9 Å². The van der Waals surface area contributed by atoms with Gasteiger partial charge in [-0.05, 0) is 24.6 Å². The summed E-state index contributed by atoms with van der Waals surface area (Å²) >= 11 is 6.08. The molecule has 2 N–H and O–H groups in total. The second-order valence-corrected chi connectivity index (χ2v) is 6.64. The molecule has 4 rings (SSSR count). The number of hydrogen-bond donors (Lipinski definition) is 2. The molecule has 0 aliphatic rings. The van der Waals surface area contributed by atoms with Gasteiger partial charge in [-0.3, -0.25) is 4.79 Å². The van der Waals surface area contributed by atoms with Crippen molar-refractivity contribution in [1.82, 2.24) is 20.3 Å². The zero-order chi connectivity index (χ0) is 18.8. The lowest BCUT2D eigenvalue weighted by atomic mass is 10.1. The molecule has 1 atom stereocenters. The highest BCUT2D eigenvalue weighted by Crippen LogP contribution is 2.22. The first-order valence-corrected chi connectivity index (χ1v) is 8.96. The summed E-state index contributed by atoms with van der Waals surface area (Å²) < 4.78 is 0. The quantitative estimate of drug-likeness (QED) is 0.504. The summed E-state index contributed by atoms with van der Waals surface area (Å²) in [5.41, 5.74) is 3.13. The summed E-state index contributed by atoms with van der Waals surface area (Å²) in [4.78, 5) is 24.8. The number of nitrogens with one attached hydrogen (secondary N) is 2. The van der Waals surface area contributed by atoms with Gasteiger partial charge in [0.05, 0.1) is 29.0 Å². The summed E-state index contributed by atoms with van der Waals surface area (Å²) in [6.45, 7) is 1.89. The van der Waals surface area contributed by atoms with E-state index in [2.05, 4.69) is 20.3 Å². The van der Waals surface area contributed by atoms with Crippen LogP contribution in [-0.4, -0.2) is 20.9 Å². The van der Waals surface area contributed by atoms with Crippen molar-refractivity contribution in [3.05, 3.63) is 83.4 Å². The summed E-state index contributed by atoms with van der Waals surface area (Å²) in [7, 11) is 0. The van der Waals surface area contributed by atoms with E-state index in [4.69, 9.17) is 11.6 Å². The fourth-order valence-electron chi connectivity index (χ4n) is 2.99. The number of imidazole rings is 1. The van der Waals surface area contributed by atoms with Crippen LogP contribution < -0.4 is 5.32 Å². The van der Waals surface area contributed by atoms with Crippen molar-refractivity contribution in [1.29, 1.82) is 0 Å². The van der Waals surface area contributed by atoms with Gasteiger partial charge in [-0.1, -0.05) is 60.1 Å². The largest absolute Gasteiger partial charge is 0.342 e. The topological polar surface area (TPSA) is 70.7 Å². The Morgan fingerprint density at radius 2 is 1.85 bits per heavy atom. The van der Waals surface area contributed by atoms with Gasteiger partial charge in [0.25, 0.3) is 5.91 Å². The molecule has 0 aliphatic heterocycles. The number of H-pyrrole nitrogens is 1. The fourth-order valence-corrected chi connectivity index (χ4v) is 3.19. The highest BCUT2D eigenvalue weighted by molar-refractivity contribution is 6.30. The van der Waals surface area contributed by atoms with E-state index >= 15 is 0 Å². The molecule has 6 heteroatoms. The van der Waals surface area contributed by atoms with Crippen molar-refractivity contribution >= 4 is 28.4 Å². The molecular weight excluding hydrogens is 360 g/mol. The fraction of sp³-hybridized carbons (Fsp3) is 0.0952. The molecule has 0 bridgehead atoms. The Hall–Kier alpha value is -3.18. The Labute approximate surface area is 161 Å². The lowest BCUT2D eigenvalue weighted by Gasteiger charge is -2.13. The first kappa shape index (κ1) is 17.2. The number of para-hydroxylation sites is 1. The van der Waals surface area contributed by atoms with Crippen LogP contribution in [0.2, 0.25) is 5.15 Å². The lowest BCUT2D eigenvalue weighted by molar-refractivity contribution is 0.0940. The zero-order valence-electron chi connectivity index (χ0n) is 14.6. The molecule has 0 fully saturated rings. The average molecular weight is 377 g/mol. The third-order valence-electron chi connectivity index (χ3n) is 4.37. The first-order chi connectivity index (χ1) is 13.1. The summed E-state index contributed by atoms with van der Waals surface area (Å²) in [5, 5.41) is 4.03. The third-order valence-corrected chi connectivity index (χ3v) is 4.56. The minimum Gasteiger partial charge on any atom is -0.342 e. The smallest absolute Gasteiger partial charge is 0.252 e. The van der Waals surface area contributed by atoms with Crippen LogP contribution in [0.5, 0.6) is 0 Å². The van der Waals surface area contributed by atoms with Crippen molar-refractivity contribution in [3.8, 4) is 11.3 Å². The highest BCUT2D eigenvalue weighted by atomic mass is 35.5. The number of aromatic nitrogens is 3. The van der Waals surface area contributed by atoms with Gasteiger partial charge in [-0.25, -0.2) is 9.97 Å². The van der Waals surface area contributed by atoms with Crippen molar-refractivity contribution < 1.29 is 4.79 Å². The maximum absolute atomic E-state index is 12.8. The monoisotopic (exact) mass is 376 g/mol. The Kier molecular flexibility index (Phi) is 4.60. The van der Waals surface area contributed by atoms with Crippen molar-refractivity contribution in [3.63, 3.8) is 0 Å². The highest BCUT2D eigenvalue weighted by Gasteiger charge is 2.17. The number of rotatable bonds is 4. The maximum Gasteiger partial charge on any atom is 0.252 e. The Bertz CT molecular complexity index is 1110. The van der Waals surface area contributed by atoms with E-state index in [9.17, 15) is 4.79 Å². The number of carbonyl (C=O) groups is 1. The van der Waals surface area contributed by atoms with E-state index in [1.165, 1.54) is 0 Å². The van der Waals surface area contributed by atoms with Crippen LogP contribution in [0.15, 0.2) is 66.9 Å². The molecule has 0 radical (unpaired) electrons. The van der Waals surface area contributed by atoms with Gasteiger partial charge in [-0.15, -0.1) is 0 Å². The second kappa shape index (κ2) is 7.21. The molecule has 2 aromatic carbocycles. The number of carbonyl (C=O) groups excluding carboxylic acids is 1. The van der Waals surface area contributed by atoms with Crippen LogP contribution in [0.3, 0.4) is 0 Å². The molecule has 0 saturated heterocycles. The minimum absolute atomic E-state index is 0.222. The van der Waals surface area contributed by atoms with Gasteiger partial charge in [-0.2, -0.15) is 0 Å². The minimum atomic E-state index is -0.291. The van der Waals surface area contributed by atoms with Crippen molar-refractivity contribution in [2.75, 3.05) is 0 Å². The number of pyridine rings is 1. The van der Waals surface area contributed by atoms with E-state index in [1.807, 2.05) is 61.5 Å². The van der Waals surface area contributed by atoms with Crippen molar-refractivity contribution in [2.24, 2.45) is 0 Å². The van der Waals surface area contributed by atoms with E-state index in [0.717, 1.165) is 16.6 Å². The van der Waals surface area contributed by atoms with Gasteiger partial charge in [0.1, 0.15) is 11.0 Å². The zero-order valence-corrected chi connectivity index (χ0v) is 15.4. The van der Waals surface area contributed by atoms with Gasteiger partial charge in [0, 0.05) is 5.39 Å². The van der Waals surface area contributed by atoms with Crippen LogP contribution in [0.25, 0.3) is 22.2 Å². The third kappa shape index (κ3) is 3.55.